The number of nitrogens with zero attached hydrogens (tertiary/aromatic N) is 2. The largest absolute Gasteiger partial charge is 0.383 e. The number of hydrogen-bond donors (Lipinski definition) is 2. The summed E-state index contributed by atoms with van der Waals surface area (Å²) in [7, 11) is 0. The first-order valence-corrected chi connectivity index (χ1v) is 7.04. The Labute approximate surface area is 106 Å². The highest BCUT2D eigenvalue weighted by atomic mass is 32.2. The summed E-state index contributed by atoms with van der Waals surface area (Å²) < 4.78 is 5.64. The highest BCUT2D eigenvalue weighted by Crippen LogP contribution is 2.17. The van der Waals surface area contributed by atoms with Crippen molar-refractivity contribution in [3.63, 3.8) is 0 Å². The minimum absolute atomic E-state index is 0.290. The van der Waals surface area contributed by atoms with Crippen LogP contribution in [0.1, 0.15) is 19.3 Å². The topological polar surface area (TPSA) is 73.1 Å². The number of nitrogen functional groups attached to an aromatic ring is 1. The zero-order valence-electron chi connectivity index (χ0n) is 9.98. The first-order chi connectivity index (χ1) is 8.28. The zero-order chi connectivity index (χ0) is 12.1. The molecule has 0 spiro atoms. The van der Waals surface area contributed by atoms with E-state index in [2.05, 4.69) is 15.3 Å². The summed E-state index contributed by atoms with van der Waals surface area (Å²) >= 11 is 1.49. The minimum Gasteiger partial charge on any atom is -0.383 e. The number of ether oxygens (including phenoxy) is 1. The molecule has 0 aromatic carbocycles. The molecule has 94 valence electrons. The standard InChI is InChI=1S/C11H18N4OS/c1-17-11-14-9(12)6-10(15-11)13-7-8-4-2-3-5-16-8/h6,8H,2-5,7H2,1H3,(H3,12,13,14,15). The minimum atomic E-state index is 0.290. The van der Waals surface area contributed by atoms with Crippen molar-refractivity contribution in [1.82, 2.24) is 9.97 Å². The average Bonchev–Trinajstić information content (AvgIpc) is 2.37. The van der Waals surface area contributed by atoms with Crippen molar-refractivity contribution in [2.75, 3.05) is 30.5 Å². The van der Waals surface area contributed by atoms with Crippen molar-refractivity contribution in [3.05, 3.63) is 6.07 Å². The van der Waals surface area contributed by atoms with Gasteiger partial charge in [0, 0.05) is 19.2 Å². The quantitative estimate of drug-likeness (QED) is 0.630. The van der Waals surface area contributed by atoms with Crippen LogP contribution in [0.25, 0.3) is 0 Å². The van der Waals surface area contributed by atoms with Crippen LogP contribution in [0.2, 0.25) is 0 Å². The third kappa shape index (κ3) is 3.74. The molecule has 1 aromatic rings. The number of nitrogens with one attached hydrogen (secondary N) is 1. The fourth-order valence-electron chi connectivity index (χ4n) is 1.81. The number of nitrogens with two attached hydrogens (primary N) is 1. The SMILES string of the molecule is CSc1nc(N)cc(NCC2CCCCO2)n1. The van der Waals surface area contributed by atoms with Gasteiger partial charge in [0.05, 0.1) is 6.10 Å². The maximum Gasteiger partial charge on any atom is 0.191 e. The Bertz CT molecular complexity index is 368. The van der Waals surface area contributed by atoms with Gasteiger partial charge in [-0.1, -0.05) is 11.8 Å². The van der Waals surface area contributed by atoms with Crippen LogP contribution in [-0.4, -0.2) is 35.5 Å². The average molecular weight is 254 g/mol. The van der Waals surface area contributed by atoms with E-state index >= 15 is 0 Å². The fourth-order valence-corrected chi connectivity index (χ4v) is 2.20. The van der Waals surface area contributed by atoms with Crippen LogP contribution in [0.5, 0.6) is 0 Å². The van der Waals surface area contributed by atoms with Crippen molar-refractivity contribution >= 4 is 23.4 Å². The zero-order valence-corrected chi connectivity index (χ0v) is 10.8. The molecule has 1 fully saturated rings. The summed E-state index contributed by atoms with van der Waals surface area (Å²) in [5.41, 5.74) is 5.71. The first kappa shape index (κ1) is 12.4. The van der Waals surface area contributed by atoms with Crippen LogP contribution < -0.4 is 11.1 Å². The molecule has 3 N–H and O–H groups in total. The summed E-state index contributed by atoms with van der Waals surface area (Å²) in [6.45, 7) is 1.65. The van der Waals surface area contributed by atoms with Gasteiger partial charge in [0.1, 0.15) is 11.6 Å². The van der Waals surface area contributed by atoms with Gasteiger partial charge < -0.3 is 15.8 Å². The second kappa shape index (κ2) is 6.07. The second-order valence-corrected chi connectivity index (χ2v) is 4.81. The van der Waals surface area contributed by atoms with Gasteiger partial charge in [-0.05, 0) is 25.5 Å². The van der Waals surface area contributed by atoms with E-state index in [1.807, 2.05) is 6.26 Å². The molecule has 2 heterocycles. The molecule has 2 rings (SSSR count). The lowest BCUT2D eigenvalue weighted by molar-refractivity contribution is 0.0247. The summed E-state index contributed by atoms with van der Waals surface area (Å²) in [5, 5.41) is 3.95. The lowest BCUT2D eigenvalue weighted by atomic mass is 10.1. The summed E-state index contributed by atoms with van der Waals surface area (Å²) in [6.07, 6.45) is 5.76. The highest BCUT2D eigenvalue weighted by molar-refractivity contribution is 7.98. The van der Waals surface area contributed by atoms with Gasteiger partial charge in [-0.25, -0.2) is 9.97 Å². The number of hydrogen-bond acceptors (Lipinski definition) is 6. The van der Waals surface area contributed by atoms with Crippen LogP contribution >= 0.6 is 11.8 Å². The summed E-state index contributed by atoms with van der Waals surface area (Å²) in [4.78, 5) is 8.45. The molecule has 1 aliphatic heterocycles. The van der Waals surface area contributed by atoms with E-state index in [1.54, 1.807) is 6.07 Å². The van der Waals surface area contributed by atoms with Crippen molar-refractivity contribution < 1.29 is 4.74 Å². The third-order valence-electron chi connectivity index (χ3n) is 2.69. The van der Waals surface area contributed by atoms with Crippen molar-refractivity contribution in [1.29, 1.82) is 0 Å². The smallest absolute Gasteiger partial charge is 0.191 e. The third-order valence-corrected chi connectivity index (χ3v) is 3.24. The Morgan fingerprint density at radius 3 is 3.12 bits per heavy atom. The van der Waals surface area contributed by atoms with Crippen LogP contribution in [0, 0.1) is 0 Å². The van der Waals surface area contributed by atoms with Crippen LogP contribution in [-0.2, 0) is 4.74 Å². The Morgan fingerprint density at radius 2 is 2.41 bits per heavy atom. The Balaban J connectivity index is 1.91. The van der Waals surface area contributed by atoms with Gasteiger partial charge in [-0.3, -0.25) is 0 Å². The van der Waals surface area contributed by atoms with Crippen LogP contribution in [0.15, 0.2) is 11.2 Å². The van der Waals surface area contributed by atoms with E-state index in [9.17, 15) is 0 Å². The molecule has 1 aliphatic rings. The predicted molar refractivity (Wildman–Crippen MR) is 70.3 cm³/mol. The fraction of sp³-hybridized carbons (Fsp3) is 0.636. The van der Waals surface area contributed by atoms with Gasteiger partial charge in [-0.15, -0.1) is 0 Å². The second-order valence-electron chi connectivity index (χ2n) is 4.03. The molecule has 1 unspecified atom stereocenters. The highest BCUT2D eigenvalue weighted by Gasteiger charge is 2.13. The number of aromatic nitrogens is 2. The maximum atomic E-state index is 5.71. The first-order valence-electron chi connectivity index (χ1n) is 5.82. The summed E-state index contributed by atoms with van der Waals surface area (Å²) in [6, 6.07) is 1.75. The molecule has 5 nitrogen and oxygen atoms in total. The van der Waals surface area contributed by atoms with E-state index < -0.39 is 0 Å². The van der Waals surface area contributed by atoms with Crippen molar-refractivity contribution in [3.8, 4) is 0 Å². The molecule has 0 bridgehead atoms. The van der Waals surface area contributed by atoms with Gasteiger partial charge >= 0.3 is 0 Å². The van der Waals surface area contributed by atoms with E-state index in [1.165, 1.54) is 24.6 Å². The molecule has 0 saturated carbocycles. The molecule has 1 saturated heterocycles. The van der Waals surface area contributed by atoms with Crippen molar-refractivity contribution in [2.24, 2.45) is 0 Å². The normalized spacial score (nSPS) is 20.2. The lowest BCUT2D eigenvalue weighted by Gasteiger charge is -2.23. The number of thioether (sulfide) groups is 1. The van der Waals surface area contributed by atoms with Crippen molar-refractivity contribution in [2.45, 2.75) is 30.5 Å². The Hall–Kier alpha value is -1.01. The summed E-state index contributed by atoms with van der Waals surface area (Å²) in [5.74, 6) is 1.27. The van der Waals surface area contributed by atoms with Gasteiger partial charge in [-0.2, -0.15) is 0 Å². The van der Waals surface area contributed by atoms with Crippen LogP contribution in [0.3, 0.4) is 0 Å². The molecule has 17 heavy (non-hydrogen) atoms. The molecular formula is C11H18N4OS. The Morgan fingerprint density at radius 1 is 1.53 bits per heavy atom. The van der Waals surface area contributed by atoms with E-state index in [0.29, 0.717) is 11.0 Å². The molecular weight excluding hydrogens is 236 g/mol. The van der Waals surface area contributed by atoms with E-state index in [0.717, 1.165) is 25.4 Å². The van der Waals surface area contributed by atoms with Gasteiger partial charge in [0.25, 0.3) is 0 Å². The molecule has 0 aliphatic carbocycles. The molecule has 1 aromatic heterocycles. The molecule has 1 atom stereocenters. The number of rotatable bonds is 4. The van der Waals surface area contributed by atoms with Gasteiger partial charge in [0.2, 0.25) is 0 Å². The van der Waals surface area contributed by atoms with E-state index in [-0.39, 0.29) is 6.10 Å². The molecule has 6 heteroatoms. The Kier molecular flexibility index (Phi) is 4.44. The lowest BCUT2D eigenvalue weighted by Crippen LogP contribution is -2.27. The van der Waals surface area contributed by atoms with Crippen LogP contribution in [0.4, 0.5) is 11.6 Å². The number of anilines is 2. The monoisotopic (exact) mass is 254 g/mol. The molecule has 0 radical (unpaired) electrons. The molecule has 0 amide bonds. The van der Waals surface area contributed by atoms with Gasteiger partial charge in [0.15, 0.2) is 5.16 Å². The predicted octanol–water partition coefficient (Wildman–Crippen LogP) is 1.76. The van der Waals surface area contributed by atoms with E-state index in [4.69, 9.17) is 10.5 Å². The maximum absolute atomic E-state index is 5.71.